The van der Waals surface area contributed by atoms with Crippen LogP contribution in [0.15, 0.2) is 66.7 Å². The van der Waals surface area contributed by atoms with Gasteiger partial charge in [0.25, 0.3) is 5.91 Å². The van der Waals surface area contributed by atoms with Crippen LogP contribution in [0, 0.1) is 18.7 Å². The normalized spacial score (nSPS) is 15.7. The molecule has 0 bridgehead atoms. The van der Waals surface area contributed by atoms with Crippen molar-refractivity contribution in [3.05, 3.63) is 100 Å². The highest BCUT2D eigenvalue weighted by atomic mass is 19.1. The lowest BCUT2D eigenvalue weighted by Crippen LogP contribution is -2.41. The Kier molecular flexibility index (Phi) is 8.27. The van der Waals surface area contributed by atoms with Crippen molar-refractivity contribution in [2.75, 3.05) is 6.54 Å². The lowest BCUT2D eigenvalue weighted by atomic mass is 9.87. The van der Waals surface area contributed by atoms with Gasteiger partial charge in [0, 0.05) is 19.5 Å². The van der Waals surface area contributed by atoms with Crippen molar-refractivity contribution in [3.8, 4) is 5.75 Å². The molecule has 1 aliphatic rings. The number of benzene rings is 3. The van der Waals surface area contributed by atoms with Gasteiger partial charge in [0.1, 0.15) is 11.6 Å². The second-order valence-electron chi connectivity index (χ2n) is 10.2. The van der Waals surface area contributed by atoms with Gasteiger partial charge in [0.15, 0.2) is 6.10 Å². The predicted octanol–water partition coefficient (Wildman–Crippen LogP) is 5.74. The third-order valence-electron chi connectivity index (χ3n) is 6.64. The molecule has 1 N–H and O–H groups in total. The molecular formula is C31H35FN2O3. The monoisotopic (exact) mass is 502 g/mol. The van der Waals surface area contributed by atoms with Gasteiger partial charge in [-0.3, -0.25) is 9.59 Å². The van der Waals surface area contributed by atoms with E-state index in [9.17, 15) is 14.0 Å². The van der Waals surface area contributed by atoms with Crippen molar-refractivity contribution < 1.29 is 18.7 Å². The van der Waals surface area contributed by atoms with Crippen LogP contribution in [0.5, 0.6) is 5.75 Å². The molecule has 0 radical (unpaired) electrons. The number of nitrogens with one attached hydrogen (secondary N) is 1. The fourth-order valence-corrected chi connectivity index (χ4v) is 4.85. The molecule has 0 saturated carbocycles. The number of hydrogen-bond donors (Lipinski definition) is 1. The summed E-state index contributed by atoms with van der Waals surface area (Å²) in [5.74, 6) is 0.249. The lowest BCUT2D eigenvalue weighted by Gasteiger charge is -2.38. The van der Waals surface area contributed by atoms with Crippen LogP contribution in [0.25, 0.3) is 0 Å². The van der Waals surface area contributed by atoms with Gasteiger partial charge in [-0.05, 0) is 72.7 Å². The number of rotatable bonds is 8. The number of amides is 2. The Hall–Kier alpha value is -3.67. The van der Waals surface area contributed by atoms with E-state index in [-0.39, 0.29) is 23.5 Å². The first-order valence-corrected chi connectivity index (χ1v) is 12.9. The zero-order valence-electron chi connectivity index (χ0n) is 22.0. The Morgan fingerprint density at radius 2 is 1.84 bits per heavy atom. The van der Waals surface area contributed by atoms with Crippen LogP contribution >= 0.6 is 0 Å². The molecule has 0 aromatic heterocycles. The van der Waals surface area contributed by atoms with Gasteiger partial charge in [-0.25, -0.2) is 4.39 Å². The summed E-state index contributed by atoms with van der Waals surface area (Å²) >= 11 is 0. The fraction of sp³-hybridized carbons (Fsp3) is 0.355. The van der Waals surface area contributed by atoms with Gasteiger partial charge in [0.2, 0.25) is 5.91 Å². The minimum atomic E-state index is -0.710. The first-order chi connectivity index (χ1) is 17.7. The highest BCUT2D eigenvalue weighted by Crippen LogP contribution is 2.38. The van der Waals surface area contributed by atoms with Crippen LogP contribution in [0.2, 0.25) is 0 Å². The average molecular weight is 503 g/mol. The Balaban J connectivity index is 1.56. The number of nitrogens with zero attached hydrogens (tertiary/aromatic N) is 1. The molecule has 194 valence electrons. The van der Waals surface area contributed by atoms with Gasteiger partial charge < -0.3 is 15.0 Å². The molecular weight excluding hydrogens is 467 g/mol. The molecule has 2 unspecified atom stereocenters. The van der Waals surface area contributed by atoms with Crippen LogP contribution in [0.3, 0.4) is 0 Å². The number of halogens is 1. The zero-order chi connectivity index (χ0) is 26.5. The van der Waals surface area contributed by atoms with Crippen LogP contribution < -0.4 is 10.1 Å². The molecule has 0 aliphatic carbocycles. The first-order valence-electron chi connectivity index (χ1n) is 12.9. The van der Waals surface area contributed by atoms with E-state index in [2.05, 4.69) is 5.32 Å². The first kappa shape index (κ1) is 26.4. The third-order valence-corrected chi connectivity index (χ3v) is 6.64. The largest absolute Gasteiger partial charge is 0.481 e. The molecule has 4 rings (SSSR count). The molecule has 3 aromatic rings. The number of carbonyl (C=O) groups excluding carboxylic acids is 2. The summed E-state index contributed by atoms with van der Waals surface area (Å²) in [7, 11) is 0. The van der Waals surface area contributed by atoms with Gasteiger partial charge in [0.05, 0.1) is 6.04 Å². The minimum absolute atomic E-state index is 0.0464. The van der Waals surface area contributed by atoms with Crippen molar-refractivity contribution in [1.29, 1.82) is 0 Å². The van der Waals surface area contributed by atoms with Gasteiger partial charge in [-0.15, -0.1) is 0 Å². The minimum Gasteiger partial charge on any atom is -0.481 e. The highest BCUT2D eigenvalue weighted by molar-refractivity contribution is 5.80. The maximum Gasteiger partial charge on any atom is 0.261 e. The summed E-state index contributed by atoms with van der Waals surface area (Å²) in [6, 6.07) is 19.7. The standard InChI is InChI=1S/C31H35FN2O3/c1-20(2)15-29(35)34-14-13-24-11-12-27(18-28(24)30(34)25-9-6-10-26(32)17-25)37-22(4)31(36)33-19-23-8-5-7-21(3)16-23/h5-12,16-18,20,22,30H,13-15,19H2,1-4H3,(H,33,36). The molecule has 0 spiro atoms. The van der Waals surface area contributed by atoms with E-state index in [0.29, 0.717) is 31.7 Å². The van der Waals surface area contributed by atoms with Gasteiger partial charge in [-0.2, -0.15) is 0 Å². The second-order valence-corrected chi connectivity index (χ2v) is 10.2. The topological polar surface area (TPSA) is 58.6 Å². The molecule has 1 heterocycles. The Labute approximate surface area is 218 Å². The lowest BCUT2D eigenvalue weighted by molar-refractivity contribution is -0.134. The van der Waals surface area contributed by atoms with Crippen molar-refractivity contribution >= 4 is 11.8 Å². The Morgan fingerprint density at radius 1 is 1.05 bits per heavy atom. The van der Waals surface area contributed by atoms with Crippen molar-refractivity contribution in [2.24, 2.45) is 5.92 Å². The number of carbonyl (C=O) groups is 2. The zero-order valence-corrected chi connectivity index (χ0v) is 22.0. The third kappa shape index (κ3) is 6.56. The highest BCUT2D eigenvalue weighted by Gasteiger charge is 2.33. The summed E-state index contributed by atoms with van der Waals surface area (Å²) in [5.41, 5.74) is 4.88. The summed E-state index contributed by atoms with van der Waals surface area (Å²) in [5, 5.41) is 2.93. The Morgan fingerprint density at radius 3 is 2.57 bits per heavy atom. The number of aryl methyl sites for hydroxylation is 1. The van der Waals surface area contributed by atoms with Crippen LogP contribution in [0.1, 0.15) is 61.1 Å². The Bertz CT molecular complexity index is 1270. The maximum atomic E-state index is 14.2. The van der Waals surface area contributed by atoms with Crippen LogP contribution in [-0.2, 0) is 22.6 Å². The average Bonchev–Trinajstić information content (AvgIpc) is 2.86. The fourth-order valence-electron chi connectivity index (χ4n) is 4.85. The summed E-state index contributed by atoms with van der Waals surface area (Å²) in [6.07, 6.45) is 0.422. The molecule has 2 amide bonds. The molecule has 5 nitrogen and oxygen atoms in total. The van der Waals surface area contributed by atoms with E-state index in [0.717, 1.165) is 27.8 Å². The van der Waals surface area contributed by atoms with Crippen molar-refractivity contribution in [3.63, 3.8) is 0 Å². The molecule has 3 aromatic carbocycles. The van der Waals surface area contributed by atoms with E-state index in [1.807, 2.05) is 74.2 Å². The van der Waals surface area contributed by atoms with E-state index < -0.39 is 12.1 Å². The molecule has 0 fully saturated rings. The number of ether oxygens (including phenoxy) is 1. The molecule has 2 atom stereocenters. The number of hydrogen-bond acceptors (Lipinski definition) is 3. The maximum absolute atomic E-state index is 14.2. The quantitative estimate of drug-likeness (QED) is 0.428. The summed E-state index contributed by atoms with van der Waals surface area (Å²) in [6.45, 7) is 8.76. The van der Waals surface area contributed by atoms with Crippen LogP contribution in [-0.4, -0.2) is 29.4 Å². The van der Waals surface area contributed by atoms with Crippen LogP contribution in [0.4, 0.5) is 4.39 Å². The summed E-state index contributed by atoms with van der Waals surface area (Å²) < 4.78 is 20.3. The van der Waals surface area contributed by atoms with Crippen molar-refractivity contribution in [1.82, 2.24) is 10.2 Å². The molecule has 1 aliphatic heterocycles. The van der Waals surface area contributed by atoms with Gasteiger partial charge in [-0.1, -0.05) is 61.9 Å². The summed E-state index contributed by atoms with van der Waals surface area (Å²) in [4.78, 5) is 27.8. The van der Waals surface area contributed by atoms with E-state index in [4.69, 9.17) is 4.74 Å². The molecule has 0 saturated heterocycles. The SMILES string of the molecule is Cc1cccc(CNC(=O)C(C)Oc2ccc3c(c2)C(c2cccc(F)c2)N(C(=O)CC(C)C)CC3)c1. The van der Waals surface area contributed by atoms with E-state index in [1.54, 1.807) is 13.0 Å². The van der Waals surface area contributed by atoms with E-state index in [1.165, 1.54) is 12.1 Å². The predicted molar refractivity (Wildman–Crippen MR) is 143 cm³/mol. The molecule has 6 heteroatoms. The second kappa shape index (κ2) is 11.6. The smallest absolute Gasteiger partial charge is 0.261 e. The van der Waals surface area contributed by atoms with E-state index >= 15 is 0 Å². The van der Waals surface area contributed by atoms with Gasteiger partial charge >= 0.3 is 0 Å². The van der Waals surface area contributed by atoms with Crippen molar-refractivity contribution in [2.45, 2.75) is 59.2 Å². The number of fused-ring (bicyclic) bond motifs is 1. The molecule has 37 heavy (non-hydrogen) atoms.